The van der Waals surface area contributed by atoms with E-state index in [9.17, 15) is 9.18 Å². The van der Waals surface area contributed by atoms with Gasteiger partial charge in [-0.3, -0.25) is 4.79 Å². The summed E-state index contributed by atoms with van der Waals surface area (Å²) in [6.45, 7) is 1.79. The van der Waals surface area contributed by atoms with Gasteiger partial charge < -0.3 is 11.1 Å². The van der Waals surface area contributed by atoms with Crippen LogP contribution >= 0.6 is 0 Å². The SMILES string of the molecule is Cc1ccc(NC(=O)C2(N)CC2)c(F)c1. The normalized spacial score (nSPS) is 17.3. The highest BCUT2D eigenvalue weighted by Gasteiger charge is 2.46. The van der Waals surface area contributed by atoms with E-state index in [1.807, 2.05) is 0 Å². The summed E-state index contributed by atoms with van der Waals surface area (Å²) in [6.07, 6.45) is 1.35. The lowest BCUT2D eigenvalue weighted by Gasteiger charge is -2.10. The van der Waals surface area contributed by atoms with Crippen molar-refractivity contribution in [1.82, 2.24) is 0 Å². The van der Waals surface area contributed by atoms with Crippen LogP contribution in [0.15, 0.2) is 18.2 Å². The molecule has 0 heterocycles. The Morgan fingerprint density at radius 2 is 2.20 bits per heavy atom. The Balaban J connectivity index is 2.14. The second-order valence-corrected chi connectivity index (χ2v) is 4.09. The number of anilines is 1. The summed E-state index contributed by atoms with van der Waals surface area (Å²) in [5, 5.41) is 2.50. The number of carbonyl (C=O) groups is 1. The lowest BCUT2D eigenvalue weighted by atomic mass is 10.2. The first-order valence-electron chi connectivity index (χ1n) is 4.88. The predicted molar refractivity (Wildman–Crippen MR) is 55.9 cm³/mol. The second kappa shape index (κ2) is 3.31. The van der Waals surface area contributed by atoms with E-state index in [-0.39, 0.29) is 11.6 Å². The first-order valence-corrected chi connectivity index (χ1v) is 4.88. The van der Waals surface area contributed by atoms with E-state index in [0.717, 1.165) is 5.56 Å². The Morgan fingerprint density at radius 3 is 2.73 bits per heavy atom. The van der Waals surface area contributed by atoms with E-state index in [2.05, 4.69) is 5.32 Å². The topological polar surface area (TPSA) is 55.1 Å². The number of nitrogens with one attached hydrogen (secondary N) is 1. The number of carbonyl (C=O) groups excluding carboxylic acids is 1. The molecule has 1 saturated carbocycles. The average molecular weight is 208 g/mol. The maximum Gasteiger partial charge on any atom is 0.244 e. The van der Waals surface area contributed by atoms with Gasteiger partial charge in [0.15, 0.2) is 0 Å². The first kappa shape index (κ1) is 10.1. The lowest BCUT2D eigenvalue weighted by Crippen LogP contribution is -2.38. The van der Waals surface area contributed by atoms with Crippen LogP contribution in [-0.4, -0.2) is 11.4 Å². The van der Waals surface area contributed by atoms with Crippen LogP contribution in [0.4, 0.5) is 10.1 Å². The van der Waals surface area contributed by atoms with Crippen molar-refractivity contribution in [2.45, 2.75) is 25.3 Å². The molecule has 1 aliphatic carbocycles. The molecule has 3 N–H and O–H groups in total. The number of halogens is 1. The molecule has 0 atom stereocenters. The molecule has 1 aromatic rings. The Kier molecular flexibility index (Phi) is 2.23. The molecule has 0 spiro atoms. The third kappa shape index (κ3) is 1.99. The van der Waals surface area contributed by atoms with Crippen LogP contribution in [0, 0.1) is 12.7 Å². The van der Waals surface area contributed by atoms with Gasteiger partial charge in [-0.15, -0.1) is 0 Å². The summed E-state index contributed by atoms with van der Waals surface area (Å²) < 4.78 is 13.4. The Morgan fingerprint density at radius 1 is 1.53 bits per heavy atom. The molecule has 1 amide bonds. The molecular formula is C11H13FN2O. The zero-order valence-corrected chi connectivity index (χ0v) is 8.51. The van der Waals surface area contributed by atoms with Crippen LogP contribution in [0.2, 0.25) is 0 Å². The van der Waals surface area contributed by atoms with E-state index in [4.69, 9.17) is 5.73 Å². The summed E-state index contributed by atoms with van der Waals surface area (Å²) in [7, 11) is 0. The van der Waals surface area contributed by atoms with Gasteiger partial charge in [-0.1, -0.05) is 6.07 Å². The summed E-state index contributed by atoms with van der Waals surface area (Å²) in [6, 6.07) is 4.68. The van der Waals surface area contributed by atoms with Crippen LogP contribution in [0.3, 0.4) is 0 Å². The molecule has 1 aliphatic rings. The molecule has 3 nitrogen and oxygen atoms in total. The molecule has 1 fully saturated rings. The van der Waals surface area contributed by atoms with Crippen molar-refractivity contribution in [3.05, 3.63) is 29.6 Å². The van der Waals surface area contributed by atoms with Crippen molar-refractivity contribution in [2.75, 3.05) is 5.32 Å². The van der Waals surface area contributed by atoms with Gasteiger partial charge in [0.05, 0.1) is 11.2 Å². The largest absolute Gasteiger partial charge is 0.322 e. The fourth-order valence-electron chi connectivity index (χ4n) is 1.33. The minimum Gasteiger partial charge on any atom is -0.322 e. The van der Waals surface area contributed by atoms with E-state index < -0.39 is 11.4 Å². The number of amides is 1. The number of nitrogens with two attached hydrogens (primary N) is 1. The monoisotopic (exact) mass is 208 g/mol. The molecule has 0 aromatic heterocycles. The molecule has 0 aliphatic heterocycles. The van der Waals surface area contributed by atoms with Crippen molar-refractivity contribution in [1.29, 1.82) is 0 Å². The van der Waals surface area contributed by atoms with Gasteiger partial charge in [0.1, 0.15) is 5.82 Å². The van der Waals surface area contributed by atoms with Crippen molar-refractivity contribution < 1.29 is 9.18 Å². The second-order valence-electron chi connectivity index (χ2n) is 4.09. The van der Waals surface area contributed by atoms with Gasteiger partial charge in [0, 0.05) is 0 Å². The average Bonchev–Trinajstić information content (AvgIpc) is 2.90. The molecule has 0 radical (unpaired) electrons. The zero-order valence-electron chi connectivity index (χ0n) is 8.51. The Hall–Kier alpha value is -1.42. The summed E-state index contributed by atoms with van der Waals surface area (Å²) in [4.78, 5) is 11.5. The standard InChI is InChI=1S/C11H13FN2O/c1-7-2-3-9(8(12)6-7)14-10(15)11(13)4-5-11/h2-3,6H,4-5,13H2,1H3,(H,14,15). The van der Waals surface area contributed by atoms with Gasteiger partial charge in [0.2, 0.25) is 5.91 Å². The van der Waals surface area contributed by atoms with E-state index >= 15 is 0 Å². The predicted octanol–water partition coefficient (Wildman–Crippen LogP) is 1.56. The number of aryl methyl sites for hydroxylation is 1. The molecule has 1 aromatic carbocycles. The first-order chi connectivity index (χ1) is 7.01. The van der Waals surface area contributed by atoms with Gasteiger partial charge in [0.25, 0.3) is 0 Å². The van der Waals surface area contributed by atoms with Crippen molar-refractivity contribution in [3.63, 3.8) is 0 Å². The molecule has 0 saturated heterocycles. The number of hydrogen-bond donors (Lipinski definition) is 2. The highest BCUT2D eigenvalue weighted by Crippen LogP contribution is 2.33. The quantitative estimate of drug-likeness (QED) is 0.775. The fourth-order valence-corrected chi connectivity index (χ4v) is 1.33. The number of benzene rings is 1. The van der Waals surface area contributed by atoms with Crippen LogP contribution in [0.1, 0.15) is 18.4 Å². The third-order valence-corrected chi connectivity index (χ3v) is 2.61. The highest BCUT2D eigenvalue weighted by atomic mass is 19.1. The van der Waals surface area contributed by atoms with Gasteiger partial charge >= 0.3 is 0 Å². The summed E-state index contributed by atoms with van der Waals surface area (Å²) >= 11 is 0. The molecule has 0 bridgehead atoms. The maximum absolute atomic E-state index is 13.4. The van der Waals surface area contributed by atoms with Crippen molar-refractivity contribution in [3.8, 4) is 0 Å². The van der Waals surface area contributed by atoms with Gasteiger partial charge in [-0.05, 0) is 37.5 Å². The molecule has 4 heteroatoms. The van der Waals surface area contributed by atoms with Crippen LogP contribution in [-0.2, 0) is 4.79 Å². The summed E-state index contributed by atoms with van der Waals surface area (Å²) in [5.41, 5.74) is 5.93. The lowest BCUT2D eigenvalue weighted by molar-refractivity contribution is -0.118. The minimum absolute atomic E-state index is 0.197. The van der Waals surface area contributed by atoms with Crippen LogP contribution in [0.5, 0.6) is 0 Å². The fraction of sp³-hybridized carbons (Fsp3) is 0.364. The third-order valence-electron chi connectivity index (χ3n) is 2.61. The van der Waals surface area contributed by atoms with Gasteiger partial charge in [-0.2, -0.15) is 0 Å². The highest BCUT2D eigenvalue weighted by molar-refractivity contribution is 6.00. The Labute approximate surface area is 87.5 Å². The number of hydrogen-bond acceptors (Lipinski definition) is 2. The van der Waals surface area contributed by atoms with E-state index in [1.165, 1.54) is 6.07 Å². The number of rotatable bonds is 2. The smallest absolute Gasteiger partial charge is 0.244 e. The van der Waals surface area contributed by atoms with Crippen molar-refractivity contribution in [2.24, 2.45) is 5.73 Å². The molecule has 80 valence electrons. The molecule has 2 rings (SSSR count). The maximum atomic E-state index is 13.4. The Bertz CT molecular complexity index is 413. The zero-order chi connectivity index (χ0) is 11.1. The van der Waals surface area contributed by atoms with Crippen LogP contribution < -0.4 is 11.1 Å². The van der Waals surface area contributed by atoms with Gasteiger partial charge in [-0.25, -0.2) is 4.39 Å². The molecule has 15 heavy (non-hydrogen) atoms. The van der Waals surface area contributed by atoms with Crippen LogP contribution in [0.25, 0.3) is 0 Å². The van der Waals surface area contributed by atoms with E-state index in [0.29, 0.717) is 12.8 Å². The van der Waals surface area contributed by atoms with Crippen molar-refractivity contribution >= 4 is 11.6 Å². The van der Waals surface area contributed by atoms with E-state index in [1.54, 1.807) is 19.1 Å². The molecular weight excluding hydrogens is 195 g/mol. The summed E-state index contributed by atoms with van der Waals surface area (Å²) in [5.74, 6) is -0.724. The molecule has 0 unspecified atom stereocenters. The minimum atomic E-state index is -0.767.